The fourth-order valence-electron chi connectivity index (χ4n) is 2.09. The Hall–Kier alpha value is -2.45. The Labute approximate surface area is 137 Å². The predicted molar refractivity (Wildman–Crippen MR) is 86.0 cm³/mol. The molecule has 3 N–H and O–H groups in total. The number of carbonyl (C=O) groups excluding carboxylic acids is 2. The van der Waals surface area contributed by atoms with E-state index in [-0.39, 0.29) is 16.7 Å². The second-order valence-electron chi connectivity index (χ2n) is 4.69. The molecule has 0 bridgehead atoms. The van der Waals surface area contributed by atoms with Gasteiger partial charge in [-0.3, -0.25) is 14.8 Å². The molecule has 2 rings (SSSR count). The van der Waals surface area contributed by atoms with Crippen molar-refractivity contribution in [2.75, 3.05) is 12.4 Å². The molecule has 1 aromatic heterocycles. The summed E-state index contributed by atoms with van der Waals surface area (Å²) in [7, 11) is 1.58. The molecule has 0 saturated carbocycles. The third-order valence-corrected chi connectivity index (χ3v) is 4.22. The zero-order chi connectivity index (χ0) is 16.8. The minimum atomic E-state index is -0.662. The number of ether oxygens (including phenoxy) is 1. The van der Waals surface area contributed by atoms with Gasteiger partial charge in [0.25, 0.3) is 5.91 Å². The Morgan fingerprint density at radius 2 is 2.04 bits per heavy atom. The monoisotopic (exact) mass is 335 g/mol. The summed E-state index contributed by atoms with van der Waals surface area (Å²) < 4.78 is 5.11. The van der Waals surface area contributed by atoms with E-state index in [4.69, 9.17) is 9.94 Å². The minimum Gasteiger partial charge on any atom is -0.497 e. The van der Waals surface area contributed by atoms with Crippen molar-refractivity contribution in [2.24, 2.45) is 0 Å². The first-order valence-electron chi connectivity index (χ1n) is 6.94. The average Bonchev–Trinajstić information content (AvgIpc) is 3.04. The van der Waals surface area contributed by atoms with Crippen LogP contribution in [0.25, 0.3) is 0 Å². The molecule has 7 nitrogen and oxygen atoms in total. The Morgan fingerprint density at radius 3 is 2.61 bits per heavy atom. The Morgan fingerprint density at radius 1 is 1.35 bits per heavy atom. The second kappa shape index (κ2) is 7.70. The quantitative estimate of drug-likeness (QED) is 0.556. The number of carbonyl (C=O) groups is 2. The SMILES string of the molecule is CCC(C(=O)Nc1ncc(C(=O)NO)s1)c1ccc(OC)cc1. The lowest BCUT2D eigenvalue weighted by Gasteiger charge is -2.14. The molecule has 0 aliphatic carbocycles. The van der Waals surface area contributed by atoms with Gasteiger partial charge in [0, 0.05) is 0 Å². The van der Waals surface area contributed by atoms with Crippen molar-refractivity contribution in [3.63, 3.8) is 0 Å². The number of anilines is 1. The van der Waals surface area contributed by atoms with Gasteiger partial charge in [-0.15, -0.1) is 0 Å². The zero-order valence-corrected chi connectivity index (χ0v) is 13.5. The van der Waals surface area contributed by atoms with Gasteiger partial charge in [-0.25, -0.2) is 10.5 Å². The number of aromatic nitrogens is 1. The summed E-state index contributed by atoms with van der Waals surface area (Å²) in [5.74, 6) is -0.475. The van der Waals surface area contributed by atoms with E-state index in [0.717, 1.165) is 22.6 Å². The first kappa shape index (κ1) is 16.9. The third kappa shape index (κ3) is 4.05. The van der Waals surface area contributed by atoms with Gasteiger partial charge in [0.15, 0.2) is 5.13 Å². The molecule has 0 aliphatic rings. The lowest BCUT2D eigenvalue weighted by Crippen LogP contribution is -2.20. The summed E-state index contributed by atoms with van der Waals surface area (Å²) in [6, 6.07) is 7.30. The summed E-state index contributed by atoms with van der Waals surface area (Å²) in [6.07, 6.45) is 1.91. The summed E-state index contributed by atoms with van der Waals surface area (Å²) >= 11 is 0.988. The lowest BCUT2D eigenvalue weighted by atomic mass is 9.95. The molecule has 0 spiro atoms. The van der Waals surface area contributed by atoms with E-state index in [0.29, 0.717) is 11.6 Å². The molecule has 1 heterocycles. The van der Waals surface area contributed by atoms with Crippen molar-refractivity contribution in [2.45, 2.75) is 19.3 Å². The number of hydroxylamine groups is 1. The molecule has 122 valence electrons. The molecule has 0 saturated heterocycles. The molecule has 1 atom stereocenters. The second-order valence-corrected chi connectivity index (χ2v) is 5.72. The molecule has 23 heavy (non-hydrogen) atoms. The fraction of sp³-hybridized carbons (Fsp3) is 0.267. The lowest BCUT2D eigenvalue weighted by molar-refractivity contribution is -0.117. The number of amides is 2. The van der Waals surface area contributed by atoms with Crippen LogP contribution in [0.2, 0.25) is 0 Å². The minimum absolute atomic E-state index is 0.206. The number of hydrogen-bond acceptors (Lipinski definition) is 6. The van der Waals surface area contributed by atoms with Crippen LogP contribution in [0.5, 0.6) is 5.75 Å². The van der Waals surface area contributed by atoms with Crippen LogP contribution in [-0.4, -0.2) is 29.1 Å². The standard InChI is InChI=1S/C15H17N3O4S/c1-3-11(9-4-6-10(22-2)7-5-9)13(19)17-15-16-8-12(23-15)14(20)18-21/h4-8,11,21H,3H2,1-2H3,(H,18,20)(H,16,17,19). The first-order valence-corrected chi connectivity index (χ1v) is 7.75. The van der Waals surface area contributed by atoms with E-state index in [2.05, 4.69) is 10.3 Å². The van der Waals surface area contributed by atoms with E-state index in [1.54, 1.807) is 19.2 Å². The summed E-state index contributed by atoms with van der Waals surface area (Å²) in [5, 5.41) is 11.6. The van der Waals surface area contributed by atoms with Crippen LogP contribution in [-0.2, 0) is 4.79 Å². The van der Waals surface area contributed by atoms with Crippen LogP contribution >= 0.6 is 11.3 Å². The Kier molecular flexibility index (Phi) is 5.67. The maximum Gasteiger partial charge on any atom is 0.286 e. The topological polar surface area (TPSA) is 101 Å². The molecule has 1 aromatic carbocycles. The summed E-state index contributed by atoms with van der Waals surface area (Å²) in [4.78, 5) is 27.9. The van der Waals surface area contributed by atoms with Crippen molar-refractivity contribution in [1.82, 2.24) is 10.5 Å². The number of nitrogens with zero attached hydrogens (tertiary/aromatic N) is 1. The molecule has 0 fully saturated rings. The predicted octanol–water partition coefficient (Wildman–Crippen LogP) is 2.40. The number of thiazole rings is 1. The van der Waals surface area contributed by atoms with Crippen molar-refractivity contribution in [3.05, 3.63) is 40.9 Å². The van der Waals surface area contributed by atoms with Gasteiger partial charge in [0.2, 0.25) is 5.91 Å². The number of rotatable bonds is 6. The van der Waals surface area contributed by atoms with Crippen molar-refractivity contribution >= 4 is 28.3 Å². The van der Waals surface area contributed by atoms with E-state index >= 15 is 0 Å². The fourth-order valence-corrected chi connectivity index (χ4v) is 2.80. The van der Waals surface area contributed by atoms with Gasteiger partial charge in [0.1, 0.15) is 10.6 Å². The molecular weight excluding hydrogens is 318 g/mol. The van der Waals surface area contributed by atoms with Crippen LogP contribution in [0, 0.1) is 0 Å². The summed E-state index contributed by atoms with van der Waals surface area (Å²) in [6.45, 7) is 1.92. The van der Waals surface area contributed by atoms with E-state index in [9.17, 15) is 9.59 Å². The highest BCUT2D eigenvalue weighted by Gasteiger charge is 2.20. The summed E-state index contributed by atoms with van der Waals surface area (Å²) in [5.41, 5.74) is 2.40. The van der Waals surface area contributed by atoms with E-state index in [1.165, 1.54) is 11.7 Å². The average molecular weight is 335 g/mol. The first-order chi connectivity index (χ1) is 11.1. The Bertz CT molecular complexity index is 684. The van der Waals surface area contributed by atoms with E-state index < -0.39 is 5.91 Å². The molecule has 0 radical (unpaired) electrons. The van der Waals surface area contributed by atoms with Gasteiger partial charge in [-0.05, 0) is 24.1 Å². The highest BCUT2D eigenvalue weighted by atomic mass is 32.1. The smallest absolute Gasteiger partial charge is 0.286 e. The van der Waals surface area contributed by atoms with Gasteiger partial charge < -0.3 is 10.1 Å². The molecule has 2 aromatic rings. The van der Waals surface area contributed by atoms with Crippen LogP contribution in [0.3, 0.4) is 0 Å². The van der Waals surface area contributed by atoms with Crippen LogP contribution in [0.15, 0.2) is 30.5 Å². The largest absolute Gasteiger partial charge is 0.497 e. The van der Waals surface area contributed by atoms with Crippen LogP contribution < -0.4 is 15.5 Å². The van der Waals surface area contributed by atoms with Gasteiger partial charge in [-0.1, -0.05) is 30.4 Å². The van der Waals surface area contributed by atoms with Crippen molar-refractivity contribution in [1.29, 1.82) is 0 Å². The number of benzene rings is 1. The normalized spacial score (nSPS) is 11.6. The number of nitrogens with one attached hydrogen (secondary N) is 2. The molecule has 1 unspecified atom stereocenters. The zero-order valence-electron chi connectivity index (χ0n) is 12.7. The molecule has 2 amide bonds. The molecular formula is C15H17N3O4S. The van der Waals surface area contributed by atoms with Crippen LogP contribution in [0.1, 0.15) is 34.5 Å². The van der Waals surface area contributed by atoms with Gasteiger partial charge in [0.05, 0.1) is 19.2 Å². The number of methoxy groups -OCH3 is 1. The molecule has 0 aliphatic heterocycles. The van der Waals surface area contributed by atoms with E-state index in [1.807, 2.05) is 19.1 Å². The maximum atomic E-state index is 12.4. The third-order valence-electron chi connectivity index (χ3n) is 3.30. The van der Waals surface area contributed by atoms with Crippen molar-refractivity contribution in [3.8, 4) is 5.75 Å². The van der Waals surface area contributed by atoms with Crippen LogP contribution in [0.4, 0.5) is 5.13 Å². The number of hydrogen-bond donors (Lipinski definition) is 3. The highest BCUT2D eigenvalue weighted by Crippen LogP contribution is 2.25. The molecule has 8 heteroatoms. The Balaban J connectivity index is 2.10. The van der Waals surface area contributed by atoms with Crippen molar-refractivity contribution < 1.29 is 19.5 Å². The van der Waals surface area contributed by atoms with Gasteiger partial charge in [-0.2, -0.15) is 0 Å². The highest BCUT2D eigenvalue weighted by molar-refractivity contribution is 7.17. The maximum absolute atomic E-state index is 12.4. The van der Waals surface area contributed by atoms with Gasteiger partial charge >= 0.3 is 0 Å².